The normalized spacial score (nSPS) is 15.7. The van der Waals surface area contributed by atoms with E-state index in [1.165, 1.54) is 16.6 Å². The number of pyridine rings is 1. The van der Waals surface area contributed by atoms with Gasteiger partial charge in [-0.1, -0.05) is 12.1 Å². The fourth-order valence-corrected chi connectivity index (χ4v) is 3.11. The van der Waals surface area contributed by atoms with Gasteiger partial charge in [0.25, 0.3) is 0 Å². The number of aryl methyl sites for hydroxylation is 1. The molecule has 0 bridgehead atoms. The fraction of sp³-hybridized carbons (Fsp3) is 0.474. The zero-order valence-electron chi connectivity index (χ0n) is 14.9. The highest BCUT2D eigenvalue weighted by molar-refractivity contribution is 5.96. The minimum absolute atomic E-state index is 0.222. The summed E-state index contributed by atoms with van der Waals surface area (Å²) in [5, 5.41) is 2.40. The molecule has 0 aliphatic carbocycles. The Kier molecular flexibility index (Phi) is 4.35. The first-order valence-electron chi connectivity index (χ1n) is 8.41. The predicted molar refractivity (Wildman–Crippen MR) is 96.5 cm³/mol. The van der Waals surface area contributed by atoms with E-state index in [1.807, 2.05) is 33.2 Å². The number of nitrogens with zero attached hydrogens (tertiary/aromatic N) is 3. The van der Waals surface area contributed by atoms with Gasteiger partial charge >= 0.3 is 6.09 Å². The summed E-state index contributed by atoms with van der Waals surface area (Å²) in [4.78, 5) is 20.6. The van der Waals surface area contributed by atoms with E-state index in [9.17, 15) is 4.79 Å². The average molecular weight is 327 g/mol. The molecule has 0 radical (unpaired) electrons. The third-order valence-electron chi connectivity index (χ3n) is 4.22. The molecule has 0 spiro atoms. The summed E-state index contributed by atoms with van der Waals surface area (Å²) >= 11 is 0. The van der Waals surface area contributed by atoms with Crippen LogP contribution in [0.15, 0.2) is 30.6 Å². The standard InChI is InChI=1S/C19H25N3O2/c1-14-12-20-13-15-6-5-7-16(17(14)15)21-8-10-22(11-9-21)18(23)24-19(2,3)4/h5-7,12-13H,8-11H2,1-4H3. The van der Waals surface area contributed by atoms with Crippen molar-refractivity contribution in [3.05, 3.63) is 36.2 Å². The lowest BCUT2D eigenvalue weighted by molar-refractivity contribution is 0.0240. The van der Waals surface area contributed by atoms with Gasteiger partial charge < -0.3 is 14.5 Å². The van der Waals surface area contributed by atoms with E-state index < -0.39 is 5.60 Å². The number of hydrogen-bond donors (Lipinski definition) is 0. The Labute approximate surface area is 143 Å². The summed E-state index contributed by atoms with van der Waals surface area (Å²) < 4.78 is 5.47. The number of carbonyl (C=O) groups excluding carboxylic acids is 1. The minimum Gasteiger partial charge on any atom is -0.444 e. The average Bonchev–Trinajstić information content (AvgIpc) is 2.53. The number of rotatable bonds is 1. The zero-order chi connectivity index (χ0) is 17.3. The number of ether oxygens (including phenoxy) is 1. The molecular weight excluding hydrogens is 302 g/mol. The number of fused-ring (bicyclic) bond motifs is 1. The number of benzene rings is 1. The molecule has 24 heavy (non-hydrogen) atoms. The molecule has 1 saturated heterocycles. The van der Waals surface area contributed by atoms with Gasteiger partial charge in [0.2, 0.25) is 0 Å². The van der Waals surface area contributed by atoms with E-state index >= 15 is 0 Å². The van der Waals surface area contributed by atoms with Crippen molar-refractivity contribution >= 4 is 22.6 Å². The molecule has 2 heterocycles. The van der Waals surface area contributed by atoms with Gasteiger partial charge in [0, 0.05) is 55.0 Å². The third kappa shape index (κ3) is 3.45. The number of piperazine rings is 1. The van der Waals surface area contributed by atoms with E-state index in [2.05, 4.69) is 35.0 Å². The molecule has 128 valence electrons. The van der Waals surface area contributed by atoms with E-state index in [0.29, 0.717) is 13.1 Å². The van der Waals surface area contributed by atoms with Crippen LogP contribution in [-0.2, 0) is 4.74 Å². The molecule has 1 fully saturated rings. The Bertz CT molecular complexity index is 739. The summed E-state index contributed by atoms with van der Waals surface area (Å²) in [6, 6.07) is 6.31. The lowest BCUT2D eigenvalue weighted by atomic mass is 10.1. The zero-order valence-corrected chi connectivity index (χ0v) is 14.9. The fourth-order valence-electron chi connectivity index (χ4n) is 3.11. The molecule has 0 atom stereocenters. The Morgan fingerprint density at radius 3 is 2.50 bits per heavy atom. The summed E-state index contributed by atoms with van der Waals surface area (Å²) in [5.41, 5.74) is 1.95. The highest BCUT2D eigenvalue weighted by Crippen LogP contribution is 2.29. The molecule has 1 aliphatic heterocycles. The topological polar surface area (TPSA) is 45.7 Å². The van der Waals surface area contributed by atoms with Crippen LogP contribution in [0.3, 0.4) is 0 Å². The maximum Gasteiger partial charge on any atom is 0.410 e. The van der Waals surface area contributed by atoms with E-state index in [1.54, 1.807) is 4.90 Å². The van der Waals surface area contributed by atoms with Crippen LogP contribution in [0.1, 0.15) is 26.3 Å². The number of carbonyl (C=O) groups is 1. The largest absolute Gasteiger partial charge is 0.444 e. The number of hydrogen-bond acceptors (Lipinski definition) is 4. The number of amides is 1. The number of anilines is 1. The van der Waals surface area contributed by atoms with Crippen molar-refractivity contribution in [2.24, 2.45) is 0 Å². The van der Waals surface area contributed by atoms with E-state index in [4.69, 9.17) is 4.74 Å². The molecule has 1 amide bonds. The molecule has 5 heteroatoms. The van der Waals surface area contributed by atoms with Gasteiger partial charge in [0.15, 0.2) is 0 Å². The Morgan fingerprint density at radius 1 is 1.12 bits per heavy atom. The second-order valence-electron chi connectivity index (χ2n) is 7.29. The molecule has 5 nitrogen and oxygen atoms in total. The minimum atomic E-state index is -0.450. The van der Waals surface area contributed by atoms with Crippen molar-refractivity contribution in [1.82, 2.24) is 9.88 Å². The highest BCUT2D eigenvalue weighted by atomic mass is 16.6. The third-order valence-corrected chi connectivity index (χ3v) is 4.22. The molecule has 0 N–H and O–H groups in total. The SMILES string of the molecule is Cc1cncc2cccc(N3CCN(C(=O)OC(C)(C)C)CC3)c12. The molecule has 1 aromatic heterocycles. The van der Waals surface area contributed by atoms with Gasteiger partial charge in [-0.15, -0.1) is 0 Å². The maximum atomic E-state index is 12.2. The first-order valence-corrected chi connectivity index (χ1v) is 8.41. The first-order chi connectivity index (χ1) is 11.3. The van der Waals surface area contributed by atoms with Crippen molar-refractivity contribution < 1.29 is 9.53 Å². The van der Waals surface area contributed by atoms with Gasteiger partial charge in [0.1, 0.15) is 5.60 Å². The van der Waals surface area contributed by atoms with Gasteiger partial charge in [-0.05, 0) is 39.3 Å². The lowest BCUT2D eigenvalue weighted by Crippen LogP contribution is -2.50. The van der Waals surface area contributed by atoms with E-state index in [0.717, 1.165) is 18.5 Å². The molecule has 1 aliphatic rings. The molecular formula is C19H25N3O2. The summed E-state index contributed by atoms with van der Waals surface area (Å²) in [6.07, 6.45) is 3.59. The van der Waals surface area contributed by atoms with Crippen molar-refractivity contribution in [3.8, 4) is 0 Å². The van der Waals surface area contributed by atoms with Gasteiger partial charge in [-0.3, -0.25) is 4.98 Å². The van der Waals surface area contributed by atoms with Gasteiger partial charge in [-0.2, -0.15) is 0 Å². The van der Waals surface area contributed by atoms with Crippen molar-refractivity contribution in [2.75, 3.05) is 31.1 Å². The van der Waals surface area contributed by atoms with Gasteiger partial charge in [0.05, 0.1) is 0 Å². The quantitative estimate of drug-likeness (QED) is 0.803. The first kappa shape index (κ1) is 16.6. The van der Waals surface area contributed by atoms with Gasteiger partial charge in [-0.25, -0.2) is 4.79 Å². The predicted octanol–water partition coefficient (Wildman–Crippen LogP) is 3.60. The monoisotopic (exact) mass is 327 g/mol. The van der Waals surface area contributed by atoms with E-state index in [-0.39, 0.29) is 6.09 Å². The second kappa shape index (κ2) is 6.30. The highest BCUT2D eigenvalue weighted by Gasteiger charge is 2.26. The van der Waals surface area contributed by atoms with Crippen molar-refractivity contribution in [3.63, 3.8) is 0 Å². The Balaban J connectivity index is 1.75. The van der Waals surface area contributed by atoms with Crippen LogP contribution in [0.2, 0.25) is 0 Å². The van der Waals surface area contributed by atoms with Crippen LogP contribution < -0.4 is 4.90 Å². The molecule has 2 aromatic rings. The Hall–Kier alpha value is -2.30. The molecule has 0 unspecified atom stereocenters. The Morgan fingerprint density at radius 2 is 1.83 bits per heavy atom. The molecule has 0 saturated carbocycles. The van der Waals surface area contributed by atoms with Crippen LogP contribution >= 0.6 is 0 Å². The number of aromatic nitrogens is 1. The summed E-state index contributed by atoms with van der Waals surface area (Å²) in [5.74, 6) is 0. The molecule has 1 aromatic carbocycles. The van der Waals surface area contributed by atoms with Crippen LogP contribution in [0, 0.1) is 6.92 Å². The smallest absolute Gasteiger partial charge is 0.410 e. The van der Waals surface area contributed by atoms with Crippen molar-refractivity contribution in [2.45, 2.75) is 33.3 Å². The van der Waals surface area contributed by atoms with Crippen LogP contribution in [0.25, 0.3) is 10.8 Å². The van der Waals surface area contributed by atoms with Crippen LogP contribution in [0.4, 0.5) is 10.5 Å². The maximum absolute atomic E-state index is 12.2. The second-order valence-corrected chi connectivity index (χ2v) is 7.29. The lowest BCUT2D eigenvalue weighted by Gasteiger charge is -2.37. The summed E-state index contributed by atoms with van der Waals surface area (Å²) in [7, 11) is 0. The van der Waals surface area contributed by atoms with Crippen LogP contribution in [0.5, 0.6) is 0 Å². The van der Waals surface area contributed by atoms with Crippen LogP contribution in [-0.4, -0.2) is 47.8 Å². The summed E-state index contributed by atoms with van der Waals surface area (Å²) in [6.45, 7) is 10.7. The van der Waals surface area contributed by atoms with Crippen molar-refractivity contribution in [1.29, 1.82) is 0 Å². The molecule has 3 rings (SSSR count).